The Hall–Kier alpha value is -2.34. The van der Waals surface area contributed by atoms with Crippen LogP contribution in [0.5, 0.6) is 0 Å². The van der Waals surface area contributed by atoms with Gasteiger partial charge in [-0.05, 0) is 38.0 Å². The van der Waals surface area contributed by atoms with Crippen molar-refractivity contribution < 1.29 is 13.9 Å². The van der Waals surface area contributed by atoms with Gasteiger partial charge in [0.1, 0.15) is 5.76 Å². The van der Waals surface area contributed by atoms with Gasteiger partial charge in [0.05, 0.1) is 18.3 Å². The minimum absolute atomic E-state index is 0.0568. The lowest BCUT2D eigenvalue weighted by molar-refractivity contribution is 0.0459. The van der Waals surface area contributed by atoms with Crippen molar-refractivity contribution in [1.82, 2.24) is 10.3 Å². The Bertz CT molecular complexity index is 698. The Morgan fingerprint density at radius 2 is 2.17 bits per heavy atom. The van der Waals surface area contributed by atoms with Crippen LogP contribution in [-0.4, -0.2) is 30.3 Å². The minimum atomic E-state index is -0.218. The highest BCUT2D eigenvalue weighted by Crippen LogP contribution is 2.23. The fraction of sp³-hybridized carbons (Fsp3) is 0.444. The van der Waals surface area contributed by atoms with E-state index < -0.39 is 0 Å². The van der Waals surface area contributed by atoms with Gasteiger partial charge >= 0.3 is 6.03 Å². The number of aromatic nitrogens is 1. The molecule has 0 aliphatic heterocycles. The summed E-state index contributed by atoms with van der Waals surface area (Å²) in [5, 5.41) is 5.89. The molecule has 0 spiro atoms. The Kier molecular flexibility index (Phi) is 5.15. The number of anilines is 1. The monoisotopic (exact) mass is 329 g/mol. The van der Waals surface area contributed by atoms with Crippen LogP contribution in [0.25, 0.3) is 11.5 Å². The molecule has 24 heavy (non-hydrogen) atoms. The van der Waals surface area contributed by atoms with Crippen LogP contribution in [0, 0.1) is 6.92 Å². The van der Waals surface area contributed by atoms with Crippen LogP contribution in [0.3, 0.4) is 0 Å². The molecule has 2 atom stereocenters. The lowest BCUT2D eigenvalue weighted by Gasteiger charge is -2.31. The molecule has 6 nitrogen and oxygen atoms in total. The fourth-order valence-electron chi connectivity index (χ4n) is 3.10. The summed E-state index contributed by atoms with van der Waals surface area (Å²) in [6.07, 6.45) is 5.96. The normalized spacial score (nSPS) is 20.6. The first-order valence-corrected chi connectivity index (χ1v) is 8.29. The first-order chi connectivity index (χ1) is 11.7. The van der Waals surface area contributed by atoms with Crippen molar-refractivity contribution in [3.8, 4) is 11.5 Å². The molecular weight excluding hydrogens is 306 g/mol. The predicted molar refractivity (Wildman–Crippen MR) is 91.9 cm³/mol. The van der Waals surface area contributed by atoms with Gasteiger partial charge in [0.15, 0.2) is 0 Å². The number of hydrogen-bond donors (Lipinski definition) is 2. The molecule has 1 aromatic carbocycles. The molecular formula is C18H23N3O3. The second-order valence-corrected chi connectivity index (χ2v) is 6.12. The summed E-state index contributed by atoms with van der Waals surface area (Å²) >= 11 is 0. The van der Waals surface area contributed by atoms with Crippen LogP contribution in [0.4, 0.5) is 10.5 Å². The maximum absolute atomic E-state index is 12.3. The zero-order chi connectivity index (χ0) is 16.9. The van der Waals surface area contributed by atoms with E-state index in [1.807, 2.05) is 31.2 Å². The summed E-state index contributed by atoms with van der Waals surface area (Å²) in [5.41, 5.74) is 1.53. The van der Waals surface area contributed by atoms with Gasteiger partial charge in [-0.25, -0.2) is 9.78 Å². The van der Waals surface area contributed by atoms with Crippen LogP contribution in [0.1, 0.15) is 31.4 Å². The standard InChI is InChI=1S/C18H23N3O3/c1-12-11-19-17(24-12)13-6-5-7-14(10-13)20-18(22)21-15-8-3-4-9-16(15)23-2/h5-7,10-11,15-16H,3-4,8-9H2,1-2H3,(H2,20,21,22)/t15-,16+/m1/s1. The van der Waals surface area contributed by atoms with Gasteiger partial charge in [-0.2, -0.15) is 0 Å². The lowest BCUT2D eigenvalue weighted by atomic mass is 9.92. The SMILES string of the molecule is CO[C@H]1CCCC[C@H]1NC(=O)Nc1cccc(-c2ncc(C)o2)c1. The van der Waals surface area contributed by atoms with Crippen LogP contribution in [0.15, 0.2) is 34.9 Å². The number of ether oxygens (including phenoxy) is 1. The van der Waals surface area contributed by atoms with Crippen molar-refractivity contribution in [2.75, 3.05) is 12.4 Å². The summed E-state index contributed by atoms with van der Waals surface area (Å²) < 4.78 is 11.0. The third-order valence-corrected chi connectivity index (χ3v) is 4.31. The van der Waals surface area contributed by atoms with E-state index in [4.69, 9.17) is 9.15 Å². The molecule has 0 saturated heterocycles. The number of rotatable bonds is 4. The Labute approximate surface area is 141 Å². The van der Waals surface area contributed by atoms with Gasteiger partial charge in [0.2, 0.25) is 5.89 Å². The maximum atomic E-state index is 12.3. The average molecular weight is 329 g/mol. The largest absolute Gasteiger partial charge is 0.441 e. The van der Waals surface area contributed by atoms with Crippen molar-refractivity contribution >= 4 is 11.7 Å². The highest BCUT2D eigenvalue weighted by Gasteiger charge is 2.26. The predicted octanol–water partition coefficient (Wildman–Crippen LogP) is 3.73. The first kappa shape index (κ1) is 16.5. The number of hydrogen-bond acceptors (Lipinski definition) is 4. The molecule has 2 N–H and O–H groups in total. The van der Waals surface area contributed by atoms with Crippen molar-refractivity contribution in [2.24, 2.45) is 0 Å². The number of oxazole rings is 1. The number of amides is 2. The van der Waals surface area contributed by atoms with E-state index >= 15 is 0 Å². The van der Waals surface area contributed by atoms with Gasteiger partial charge in [0.25, 0.3) is 0 Å². The number of carbonyl (C=O) groups is 1. The average Bonchev–Trinajstić information content (AvgIpc) is 3.02. The highest BCUT2D eigenvalue weighted by atomic mass is 16.5. The number of urea groups is 1. The highest BCUT2D eigenvalue weighted by molar-refractivity contribution is 5.90. The van der Waals surface area contributed by atoms with Crippen molar-refractivity contribution in [3.05, 3.63) is 36.2 Å². The number of carbonyl (C=O) groups excluding carboxylic acids is 1. The van der Waals surface area contributed by atoms with Crippen LogP contribution in [0.2, 0.25) is 0 Å². The second kappa shape index (κ2) is 7.49. The Balaban J connectivity index is 1.64. The zero-order valence-electron chi connectivity index (χ0n) is 14.0. The fourth-order valence-corrected chi connectivity index (χ4v) is 3.10. The molecule has 1 saturated carbocycles. The zero-order valence-corrected chi connectivity index (χ0v) is 14.0. The molecule has 3 rings (SSSR count). The smallest absolute Gasteiger partial charge is 0.319 e. The molecule has 0 bridgehead atoms. The molecule has 1 heterocycles. The molecule has 0 unspecified atom stereocenters. The van der Waals surface area contributed by atoms with Crippen LogP contribution in [-0.2, 0) is 4.74 Å². The van der Waals surface area contributed by atoms with Gasteiger partial charge < -0.3 is 19.8 Å². The molecule has 1 aliphatic carbocycles. The maximum Gasteiger partial charge on any atom is 0.319 e. The summed E-state index contributed by atoms with van der Waals surface area (Å²) in [5.74, 6) is 1.30. The number of methoxy groups -OCH3 is 1. The van der Waals surface area contributed by atoms with Crippen molar-refractivity contribution in [3.63, 3.8) is 0 Å². The van der Waals surface area contributed by atoms with E-state index in [1.165, 1.54) is 0 Å². The molecule has 2 aromatic rings. The van der Waals surface area contributed by atoms with Gasteiger partial charge in [-0.15, -0.1) is 0 Å². The van der Waals surface area contributed by atoms with Gasteiger partial charge in [0, 0.05) is 18.4 Å². The van der Waals surface area contributed by atoms with E-state index in [0.29, 0.717) is 11.6 Å². The molecule has 2 amide bonds. The van der Waals surface area contributed by atoms with E-state index in [1.54, 1.807) is 13.3 Å². The molecule has 6 heteroatoms. The van der Waals surface area contributed by atoms with Gasteiger partial charge in [-0.3, -0.25) is 0 Å². The summed E-state index contributed by atoms with van der Waals surface area (Å²) in [7, 11) is 1.70. The molecule has 128 valence electrons. The molecule has 1 fully saturated rings. The topological polar surface area (TPSA) is 76.4 Å². The van der Waals surface area contributed by atoms with Crippen LogP contribution < -0.4 is 10.6 Å². The van der Waals surface area contributed by atoms with E-state index in [0.717, 1.165) is 37.0 Å². The summed E-state index contributed by atoms with van der Waals surface area (Å²) in [4.78, 5) is 16.5. The Morgan fingerprint density at radius 1 is 1.33 bits per heavy atom. The van der Waals surface area contributed by atoms with Crippen LogP contribution >= 0.6 is 0 Å². The lowest BCUT2D eigenvalue weighted by Crippen LogP contribution is -2.47. The van der Waals surface area contributed by atoms with Crippen molar-refractivity contribution in [2.45, 2.75) is 44.8 Å². The summed E-state index contributed by atoms with van der Waals surface area (Å²) in [6.45, 7) is 1.85. The molecule has 1 aromatic heterocycles. The first-order valence-electron chi connectivity index (χ1n) is 8.29. The number of nitrogens with zero attached hydrogens (tertiary/aromatic N) is 1. The third kappa shape index (κ3) is 3.94. The van der Waals surface area contributed by atoms with E-state index in [9.17, 15) is 4.79 Å². The van der Waals surface area contributed by atoms with E-state index in [-0.39, 0.29) is 18.2 Å². The third-order valence-electron chi connectivity index (χ3n) is 4.31. The summed E-state index contributed by atoms with van der Waals surface area (Å²) in [6, 6.07) is 7.29. The minimum Gasteiger partial charge on any atom is -0.441 e. The van der Waals surface area contributed by atoms with Gasteiger partial charge in [-0.1, -0.05) is 18.9 Å². The molecule has 1 aliphatic rings. The second-order valence-electron chi connectivity index (χ2n) is 6.12. The van der Waals surface area contributed by atoms with Crippen molar-refractivity contribution in [1.29, 1.82) is 0 Å². The molecule has 0 radical (unpaired) electrons. The quantitative estimate of drug-likeness (QED) is 0.896. The number of nitrogens with one attached hydrogen (secondary N) is 2. The Morgan fingerprint density at radius 3 is 2.92 bits per heavy atom. The van der Waals surface area contributed by atoms with E-state index in [2.05, 4.69) is 15.6 Å². The number of benzene rings is 1. The number of aryl methyl sites for hydroxylation is 1.